The van der Waals surface area contributed by atoms with Crippen LogP contribution in [0.15, 0.2) is 36.0 Å². The Morgan fingerprint density at radius 1 is 1.17 bits per heavy atom. The van der Waals surface area contributed by atoms with Gasteiger partial charge in [-0.05, 0) is 24.3 Å². The molecule has 0 saturated heterocycles. The molecule has 1 rings (SSSR count). The molecule has 0 spiro atoms. The van der Waals surface area contributed by atoms with Crippen molar-refractivity contribution in [3.63, 3.8) is 0 Å². The second kappa shape index (κ2) is 6.29. The number of phenolic OH excluding ortho intramolecular Hbond substituents is 1. The number of ether oxygens (including phenoxy) is 2. The highest BCUT2D eigenvalue weighted by molar-refractivity contribution is 5.98. The Kier molecular flexibility index (Phi) is 4.74. The summed E-state index contributed by atoms with van der Waals surface area (Å²) in [7, 11) is 2.40. The minimum absolute atomic E-state index is 0.0601. The van der Waals surface area contributed by atoms with Gasteiger partial charge in [0.05, 0.1) is 20.3 Å². The van der Waals surface area contributed by atoms with E-state index in [4.69, 9.17) is 5.11 Å². The number of benzene rings is 1. The second-order valence-electron chi connectivity index (χ2n) is 3.24. The highest BCUT2D eigenvalue weighted by Gasteiger charge is 2.12. The third kappa shape index (κ3) is 3.82. The molecule has 0 aliphatic rings. The van der Waals surface area contributed by atoms with Crippen molar-refractivity contribution >= 4 is 17.6 Å². The van der Waals surface area contributed by atoms with Crippen LogP contribution in [-0.4, -0.2) is 31.3 Å². The fraction of sp³-hybridized carbons (Fsp3) is 0.167. The van der Waals surface area contributed by atoms with E-state index in [1.807, 2.05) is 0 Å². The summed E-state index contributed by atoms with van der Waals surface area (Å²) in [5.41, 5.74) is 0.461. The molecular weight excluding hydrogens is 238 g/mol. The van der Waals surface area contributed by atoms with Gasteiger partial charge in [0.25, 0.3) is 0 Å². The number of carbonyl (C=O) groups excluding carboxylic acids is 2. The minimum Gasteiger partial charge on any atom is -0.508 e. The van der Waals surface area contributed by atoms with Crippen LogP contribution in [0, 0.1) is 0 Å². The van der Waals surface area contributed by atoms with Crippen LogP contribution in [0.4, 0.5) is 5.69 Å². The van der Waals surface area contributed by atoms with E-state index < -0.39 is 11.9 Å². The molecule has 0 atom stereocenters. The van der Waals surface area contributed by atoms with E-state index in [0.717, 1.165) is 6.08 Å². The van der Waals surface area contributed by atoms with Crippen molar-refractivity contribution in [2.45, 2.75) is 0 Å². The lowest BCUT2D eigenvalue weighted by Crippen LogP contribution is -2.15. The van der Waals surface area contributed by atoms with Gasteiger partial charge in [0.1, 0.15) is 11.4 Å². The Labute approximate surface area is 104 Å². The zero-order chi connectivity index (χ0) is 13.5. The summed E-state index contributed by atoms with van der Waals surface area (Å²) in [6.45, 7) is 0. The molecular formula is C12H13NO5. The molecule has 1 aromatic carbocycles. The van der Waals surface area contributed by atoms with Gasteiger partial charge in [0, 0.05) is 5.69 Å². The van der Waals surface area contributed by atoms with E-state index in [0.29, 0.717) is 5.69 Å². The highest BCUT2D eigenvalue weighted by atomic mass is 16.5. The molecule has 6 nitrogen and oxygen atoms in total. The standard InChI is InChI=1S/C12H13NO5/c1-17-11(15)7-10(12(16)18-2)13-8-3-5-9(14)6-4-8/h3-7,13-14H,1-2H3/b10-7+. The Hall–Kier alpha value is -2.50. The molecule has 0 aliphatic heterocycles. The fourth-order valence-corrected chi connectivity index (χ4v) is 1.13. The molecule has 2 N–H and O–H groups in total. The van der Waals surface area contributed by atoms with Crippen LogP contribution < -0.4 is 5.32 Å². The summed E-state index contributed by atoms with van der Waals surface area (Å²) in [4.78, 5) is 22.5. The van der Waals surface area contributed by atoms with Gasteiger partial charge >= 0.3 is 11.9 Å². The molecule has 18 heavy (non-hydrogen) atoms. The van der Waals surface area contributed by atoms with Crippen LogP contribution in [-0.2, 0) is 19.1 Å². The fourth-order valence-electron chi connectivity index (χ4n) is 1.13. The number of methoxy groups -OCH3 is 2. The van der Waals surface area contributed by atoms with Gasteiger partial charge in [-0.1, -0.05) is 0 Å². The summed E-state index contributed by atoms with van der Waals surface area (Å²) >= 11 is 0. The first kappa shape index (κ1) is 13.6. The average Bonchev–Trinajstić information content (AvgIpc) is 2.39. The summed E-state index contributed by atoms with van der Waals surface area (Å²) in [5, 5.41) is 11.8. The van der Waals surface area contributed by atoms with E-state index in [1.165, 1.54) is 26.4 Å². The molecule has 0 heterocycles. The van der Waals surface area contributed by atoms with Crippen LogP contribution in [0.25, 0.3) is 0 Å². The van der Waals surface area contributed by atoms with E-state index >= 15 is 0 Å². The number of anilines is 1. The molecule has 0 radical (unpaired) electrons. The number of rotatable bonds is 4. The summed E-state index contributed by atoms with van der Waals surface area (Å²) in [6, 6.07) is 5.97. The first-order valence-corrected chi connectivity index (χ1v) is 5.01. The zero-order valence-corrected chi connectivity index (χ0v) is 9.97. The van der Waals surface area contributed by atoms with Crippen molar-refractivity contribution in [1.82, 2.24) is 0 Å². The smallest absolute Gasteiger partial charge is 0.354 e. The summed E-state index contributed by atoms with van der Waals surface area (Å²) in [6.07, 6.45) is 0.985. The molecule has 0 fully saturated rings. The monoisotopic (exact) mass is 251 g/mol. The molecule has 6 heteroatoms. The van der Waals surface area contributed by atoms with Crippen LogP contribution in [0.2, 0.25) is 0 Å². The van der Waals surface area contributed by atoms with Gasteiger partial charge in [0.15, 0.2) is 0 Å². The lowest BCUT2D eigenvalue weighted by atomic mass is 10.3. The SMILES string of the molecule is COC(=O)/C=C(/Nc1ccc(O)cc1)C(=O)OC. The predicted octanol–water partition coefficient (Wildman–Crippen LogP) is 1.03. The van der Waals surface area contributed by atoms with Crippen molar-refractivity contribution in [3.8, 4) is 5.75 Å². The number of carbonyl (C=O) groups is 2. The van der Waals surface area contributed by atoms with Gasteiger partial charge in [-0.15, -0.1) is 0 Å². The van der Waals surface area contributed by atoms with Crippen molar-refractivity contribution < 1.29 is 24.2 Å². The topological polar surface area (TPSA) is 84.9 Å². The van der Waals surface area contributed by atoms with Gasteiger partial charge in [-0.3, -0.25) is 0 Å². The lowest BCUT2D eigenvalue weighted by molar-refractivity contribution is -0.138. The molecule has 0 amide bonds. The maximum atomic E-state index is 11.4. The number of hydrogen-bond acceptors (Lipinski definition) is 6. The quantitative estimate of drug-likeness (QED) is 0.472. The van der Waals surface area contributed by atoms with E-state index in [9.17, 15) is 9.59 Å². The Bertz CT molecular complexity index is 464. The van der Waals surface area contributed by atoms with Crippen molar-refractivity contribution in [2.75, 3.05) is 19.5 Å². The van der Waals surface area contributed by atoms with Crippen LogP contribution in [0.5, 0.6) is 5.75 Å². The average molecular weight is 251 g/mol. The van der Waals surface area contributed by atoms with E-state index in [2.05, 4.69) is 14.8 Å². The number of nitrogens with one attached hydrogen (secondary N) is 1. The maximum absolute atomic E-state index is 11.4. The third-order valence-electron chi connectivity index (χ3n) is 2.01. The lowest BCUT2D eigenvalue weighted by Gasteiger charge is -2.08. The molecule has 0 aromatic heterocycles. The molecule has 1 aromatic rings. The summed E-state index contributed by atoms with van der Waals surface area (Å²) < 4.78 is 8.96. The predicted molar refractivity (Wildman–Crippen MR) is 63.8 cm³/mol. The Morgan fingerprint density at radius 3 is 2.28 bits per heavy atom. The number of hydrogen-bond donors (Lipinski definition) is 2. The molecule has 0 saturated carbocycles. The van der Waals surface area contributed by atoms with Crippen molar-refractivity contribution in [3.05, 3.63) is 36.0 Å². The van der Waals surface area contributed by atoms with Crippen molar-refractivity contribution in [1.29, 1.82) is 0 Å². The Morgan fingerprint density at radius 2 is 1.78 bits per heavy atom. The summed E-state index contributed by atoms with van der Waals surface area (Å²) in [5.74, 6) is -1.28. The van der Waals surface area contributed by atoms with Crippen LogP contribution in [0.1, 0.15) is 0 Å². The molecule has 0 unspecified atom stereocenters. The molecule has 96 valence electrons. The number of esters is 2. The Balaban J connectivity index is 2.91. The van der Waals surface area contributed by atoms with Gasteiger partial charge < -0.3 is 19.9 Å². The highest BCUT2D eigenvalue weighted by Crippen LogP contribution is 2.16. The first-order chi connectivity index (χ1) is 8.56. The number of phenols is 1. The van der Waals surface area contributed by atoms with Gasteiger partial charge in [0.2, 0.25) is 0 Å². The minimum atomic E-state index is -0.700. The van der Waals surface area contributed by atoms with E-state index in [-0.39, 0.29) is 11.4 Å². The van der Waals surface area contributed by atoms with Crippen LogP contribution in [0.3, 0.4) is 0 Å². The molecule has 0 aliphatic carbocycles. The first-order valence-electron chi connectivity index (χ1n) is 5.01. The second-order valence-corrected chi connectivity index (χ2v) is 3.24. The van der Waals surface area contributed by atoms with E-state index in [1.54, 1.807) is 12.1 Å². The third-order valence-corrected chi connectivity index (χ3v) is 2.01. The maximum Gasteiger partial charge on any atom is 0.354 e. The normalized spacial score (nSPS) is 10.7. The van der Waals surface area contributed by atoms with Crippen LogP contribution >= 0.6 is 0 Å². The molecule has 0 bridgehead atoms. The largest absolute Gasteiger partial charge is 0.508 e. The zero-order valence-electron chi connectivity index (χ0n) is 9.97. The number of aromatic hydroxyl groups is 1. The van der Waals surface area contributed by atoms with Gasteiger partial charge in [-0.2, -0.15) is 0 Å². The van der Waals surface area contributed by atoms with Crippen molar-refractivity contribution in [2.24, 2.45) is 0 Å². The van der Waals surface area contributed by atoms with Gasteiger partial charge in [-0.25, -0.2) is 9.59 Å².